The zero-order chi connectivity index (χ0) is 20.3. The summed E-state index contributed by atoms with van der Waals surface area (Å²) in [5.74, 6) is 0.180. The van der Waals surface area contributed by atoms with E-state index in [-0.39, 0.29) is 10.7 Å². The fraction of sp³-hybridized carbons (Fsp3) is 0.300. The van der Waals surface area contributed by atoms with Gasteiger partial charge in [-0.25, -0.2) is 22.8 Å². The van der Waals surface area contributed by atoms with Crippen LogP contribution in [0.2, 0.25) is 0 Å². The van der Waals surface area contributed by atoms with Gasteiger partial charge in [0.15, 0.2) is 0 Å². The third kappa shape index (κ3) is 4.30. The molecule has 0 unspecified atom stereocenters. The summed E-state index contributed by atoms with van der Waals surface area (Å²) in [4.78, 5) is 8.33. The van der Waals surface area contributed by atoms with Gasteiger partial charge in [-0.1, -0.05) is 12.5 Å². The average Bonchev–Trinajstić information content (AvgIpc) is 3.28. The Hall–Kier alpha value is -2.78. The molecule has 29 heavy (non-hydrogen) atoms. The van der Waals surface area contributed by atoms with Gasteiger partial charge < -0.3 is 9.88 Å². The van der Waals surface area contributed by atoms with E-state index in [0.717, 1.165) is 24.8 Å². The lowest BCUT2D eigenvalue weighted by molar-refractivity contribution is 0.346. The molecule has 9 heteroatoms. The molecule has 0 amide bonds. The van der Waals surface area contributed by atoms with Gasteiger partial charge in [-0.15, -0.1) is 0 Å². The number of nitrogens with zero attached hydrogens (tertiary/aromatic N) is 4. The molecule has 1 aliphatic heterocycles. The monoisotopic (exact) mass is 415 g/mol. The maximum Gasteiger partial charge on any atom is 0.244 e. The summed E-state index contributed by atoms with van der Waals surface area (Å²) in [6, 6.07) is 8.16. The van der Waals surface area contributed by atoms with Crippen LogP contribution in [0.1, 0.15) is 24.8 Å². The van der Waals surface area contributed by atoms with Crippen LogP contribution in [-0.2, 0) is 16.6 Å². The molecule has 3 aromatic rings. The highest BCUT2D eigenvalue weighted by Gasteiger charge is 2.26. The number of anilines is 1. The number of piperidine rings is 1. The first-order valence-electron chi connectivity index (χ1n) is 9.51. The maximum absolute atomic E-state index is 14.3. The molecule has 1 aliphatic rings. The van der Waals surface area contributed by atoms with Crippen molar-refractivity contribution < 1.29 is 12.8 Å². The van der Waals surface area contributed by atoms with E-state index >= 15 is 0 Å². The number of aromatic nitrogens is 3. The van der Waals surface area contributed by atoms with Gasteiger partial charge in [-0.05, 0) is 42.7 Å². The van der Waals surface area contributed by atoms with Gasteiger partial charge in [0.2, 0.25) is 10.0 Å². The van der Waals surface area contributed by atoms with Crippen molar-refractivity contribution in [3.05, 3.63) is 66.6 Å². The number of pyridine rings is 1. The fourth-order valence-corrected chi connectivity index (χ4v) is 4.82. The second-order valence-corrected chi connectivity index (χ2v) is 8.89. The average molecular weight is 415 g/mol. The Balaban J connectivity index is 1.41. The predicted octanol–water partition coefficient (Wildman–Crippen LogP) is 3.19. The zero-order valence-corrected chi connectivity index (χ0v) is 16.6. The van der Waals surface area contributed by atoms with Gasteiger partial charge in [-0.3, -0.25) is 0 Å². The Morgan fingerprint density at radius 1 is 1.10 bits per heavy atom. The molecule has 1 N–H and O–H groups in total. The Bertz CT molecular complexity index is 1060. The first-order valence-corrected chi connectivity index (χ1v) is 10.9. The third-order valence-electron chi connectivity index (χ3n) is 4.96. The fourth-order valence-electron chi connectivity index (χ4n) is 3.36. The highest BCUT2D eigenvalue weighted by Crippen LogP contribution is 2.21. The van der Waals surface area contributed by atoms with Crippen LogP contribution in [0.15, 0.2) is 60.1 Å². The predicted molar refractivity (Wildman–Crippen MR) is 108 cm³/mol. The molecule has 0 bridgehead atoms. The Kier molecular flexibility index (Phi) is 5.59. The highest BCUT2D eigenvalue weighted by molar-refractivity contribution is 7.89. The van der Waals surface area contributed by atoms with Crippen LogP contribution in [-0.4, -0.2) is 40.3 Å². The van der Waals surface area contributed by atoms with E-state index in [1.807, 2.05) is 6.07 Å². The second-order valence-electron chi connectivity index (χ2n) is 6.95. The standard InChI is InChI=1S/C20H22FN5O2S/c21-18-12-16(4-6-19(18)25-11-8-22-15-25)13-23-20-7-5-17(14-24-20)29(27,28)26-9-2-1-3-10-26/h4-8,11-12,14-15H,1-3,9-10,13H2,(H,23,24). The quantitative estimate of drug-likeness (QED) is 0.669. The number of halogens is 1. The smallest absolute Gasteiger partial charge is 0.244 e. The van der Waals surface area contributed by atoms with Crippen molar-refractivity contribution in [3.8, 4) is 5.69 Å². The van der Waals surface area contributed by atoms with Crippen molar-refractivity contribution in [2.45, 2.75) is 30.7 Å². The molecule has 0 aliphatic carbocycles. The lowest BCUT2D eigenvalue weighted by Gasteiger charge is -2.25. The minimum absolute atomic E-state index is 0.195. The molecule has 3 heterocycles. The molecular formula is C20H22FN5O2S. The molecule has 1 saturated heterocycles. The summed E-state index contributed by atoms with van der Waals surface area (Å²) >= 11 is 0. The number of hydrogen-bond donors (Lipinski definition) is 1. The van der Waals surface area contributed by atoms with E-state index in [0.29, 0.717) is 31.1 Å². The van der Waals surface area contributed by atoms with E-state index < -0.39 is 10.0 Å². The first kappa shape index (κ1) is 19.5. The Morgan fingerprint density at radius 2 is 1.93 bits per heavy atom. The summed E-state index contributed by atoms with van der Waals surface area (Å²) < 4.78 is 42.8. The van der Waals surface area contributed by atoms with E-state index in [1.165, 1.54) is 16.6 Å². The van der Waals surface area contributed by atoms with Crippen LogP contribution >= 0.6 is 0 Å². The van der Waals surface area contributed by atoms with Crippen LogP contribution in [0.5, 0.6) is 0 Å². The van der Waals surface area contributed by atoms with Gasteiger partial charge in [0, 0.05) is 38.2 Å². The first-order chi connectivity index (χ1) is 14.0. The summed E-state index contributed by atoms with van der Waals surface area (Å²) in [5.41, 5.74) is 1.18. The van der Waals surface area contributed by atoms with Crippen LogP contribution in [0.4, 0.5) is 10.2 Å². The Labute approximate surface area is 169 Å². The van der Waals surface area contributed by atoms with E-state index in [1.54, 1.807) is 41.5 Å². The molecule has 1 aromatic carbocycles. The molecule has 0 spiro atoms. The molecule has 7 nitrogen and oxygen atoms in total. The lowest BCUT2D eigenvalue weighted by Crippen LogP contribution is -2.35. The summed E-state index contributed by atoms with van der Waals surface area (Å²) in [6.45, 7) is 1.48. The number of hydrogen-bond acceptors (Lipinski definition) is 5. The molecule has 1 fully saturated rings. The van der Waals surface area contributed by atoms with Gasteiger partial charge in [0.05, 0.1) is 12.0 Å². The van der Waals surface area contributed by atoms with Crippen molar-refractivity contribution in [3.63, 3.8) is 0 Å². The number of imidazole rings is 1. The van der Waals surface area contributed by atoms with Crippen LogP contribution in [0, 0.1) is 5.82 Å². The van der Waals surface area contributed by atoms with E-state index in [9.17, 15) is 12.8 Å². The zero-order valence-electron chi connectivity index (χ0n) is 15.8. The molecular weight excluding hydrogens is 393 g/mol. The van der Waals surface area contributed by atoms with E-state index in [4.69, 9.17) is 0 Å². The normalized spacial score (nSPS) is 15.3. The van der Waals surface area contributed by atoms with Gasteiger partial charge in [0.1, 0.15) is 16.5 Å². The van der Waals surface area contributed by atoms with Crippen LogP contribution < -0.4 is 5.32 Å². The molecule has 2 aromatic heterocycles. The van der Waals surface area contributed by atoms with Gasteiger partial charge >= 0.3 is 0 Å². The van der Waals surface area contributed by atoms with Crippen molar-refractivity contribution in [1.29, 1.82) is 0 Å². The number of benzene rings is 1. The van der Waals surface area contributed by atoms with Crippen molar-refractivity contribution in [1.82, 2.24) is 18.8 Å². The number of nitrogens with one attached hydrogen (secondary N) is 1. The number of sulfonamides is 1. The molecule has 4 rings (SSSR count). The van der Waals surface area contributed by atoms with Gasteiger partial charge in [-0.2, -0.15) is 4.31 Å². The van der Waals surface area contributed by atoms with Crippen molar-refractivity contribution >= 4 is 15.8 Å². The minimum atomic E-state index is -3.49. The second kappa shape index (κ2) is 8.30. The molecule has 0 atom stereocenters. The number of rotatable bonds is 6. The summed E-state index contributed by atoms with van der Waals surface area (Å²) in [5, 5.41) is 3.10. The van der Waals surface area contributed by atoms with Crippen molar-refractivity contribution in [2.75, 3.05) is 18.4 Å². The largest absolute Gasteiger partial charge is 0.366 e. The molecule has 0 saturated carbocycles. The Morgan fingerprint density at radius 3 is 2.59 bits per heavy atom. The highest BCUT2D eigenvalue weighted by atomic mass is 32.2. The SMILES string of the molecule is O=S(=O)(c1ccc(NCc2ccc(-n3ccnc3)c(F)c2)nc1)N1CCCCC1. The van der Waals surface area contributed by atoms with Gasteiger partial charge in [0.25, 0.3) is 0 Å². The maximum atomic E-state index is 14.3. The van der Waals surface area contributed by atoms with Crippen LogP contribution in [0.3, 0.4) is 0 Å². The minimum Gasteiger partial charge on any atom is -0.366 e. The van der Waals surface area contributed by atoms with Crippen molar-refractivity contribution in [2.24, 2.45) is 0 Å². The molecule has 152 valence electrons. The third-order valence-corrected chi connectivity index (χ3v) is 6.84. The lowest BCUT2D eigenvalue weighted by atomic mass is 10.2. The van der Waals surface area contributed by atoms with E-state index in [2.05, 4.69) is 15.3 Å². The molecule has 0 radical (unpaired) electrons. The topological polar surface area (TPSA) is 80.1 Å². The summed E-state index contributed by atoms with van der Waals surface area (Å²) in [6.07, 6.45) is 9.03. The van der Waals surface area contributed by atoms with Crippen LogP contribution in [0.25, 0.3) is 5.69 Å². The summed E-state index contributed by atoms with van der Waals surface area (Å²) in [7, 11) is -3.49.